The van der Waals surface area contributed by atoms with Gasteiger partial charge in [-0.05, 0) is 0 Å². The van der Waals surface area contributed by atoms with Crippen LogP contribution in [-0.4, -0.2) is 51.9 Å². The normalized spacial score (nSPS) is 18.5. The van der Waals surface area contributed by atoms with E-state index in [0.717, 1.165) is 13.1 Å². The van der Waals surface area contributed by atoms with Gasteiger partial charge in [-0.2, -0.15) is 5.10 Å². The molecule has 6 nitrogen and oxygen atoms in total. The molecule has 0 bridgehead atoms. The molecule has 1 aliphatic heterocycles. The quantitative estimate of drug-likeness (QED) is 0.668. The first-order valence-corrected chi connectivity index (χ1v) is 5.34. The number of aliphatic hydroxyl groups is 1. The van der Waals surface area contributed by atoms with Crippen molar-refractivity contribution in [1.82, 2.24) is 20.0 Å². The molecule has 0 spiro atoms. The van der Waals surface area contributed by atoms with Crippen molar-refractivity contribution >= 4 is 5.91 Å². The number of aliphatic hydroxyl groups excluding tert-OH is 1. The van der Waals surface area contributed by atoms with Crippen molar-refractivity contribution in [2.24, 2.45) is 7.05 Å². The van der Waals surface area contributed by atoms with Crippen molar-refractivity contribution in [2.45, 2.75) is 6.10 Å². The Bertz CT molecular complexity index is 371. The number of nitrogens with one attached hydrogen (secondary N) is 1. The van der Waals surface area contributed by atoms with E-state index in [-0.39, 0.29) is 5.91 Å². The van der Waals surface area contributed by atoms with Crippen molar-refractivity contribution in [3.05, 3.63) is 18.0 Å². The third-order valence-corrected chi connectivity index (χ3v) is 2.70. The molecule has 1 saturated heterocycles. The molecule has 2 heterocycles. The van der Waals surface area contributed by atoms with Gasteiger partial charge in [0, 0.05) is 45.0 Å². The second-order valence-electron chi connectivity index (χ2n) is 3.93. The summed E-state index contributed by atoms with van der Waals surface area (Å²) < 4.78 is 1.57. The summed E-state index contributed by atoms with van der Waals surface area (Å²) in [6.45, 7) is 2.86. The van der Waals surface area contributed by atoms with Crippen LogP contribution < -0.4 is 5.32 Å². The second-order valence-corrected chi connectivity index (χ2v) is 3.93. The van der Waals surface area contributed by atoms with Crippen LogP contribution in [0.15, 0.2) is 12.4 Å². The van der Waals surface area contributed by atoms with Gasteiger partial charge in [0.1, 0.15) is 0 Å². The molecule has 16 heavy (non-hydrogen) atoms. The summed E-state index contributed by atoms with van der Waals surface area (Å²) in [5.74, 6) is -0.241. The summed E-state index contributed by atoms with van der Waals surface area (Å²) in [5, 5.41) is 17.0. The van der Waals surface area contributed by atoms with Crippen molar-refractivity contribution < 1.29 is 9.90 Å². The lowest BCUT2D eigenvalue weighted by Crippen LogP contribution is -2.48. The van der Waals surface area contributed by atoms with Gasteiger partial charge in [-0.15, -0.1) is 0 Å². The number of aromatic nitrogens is 2. The molecule has 2 N–H and O–H groups in total. The lowest BCUT2D eigenvalue weighted by atomic mass is 10.1. The van der Waals surface area contributed by atoms with Crippen molar-refractivity contribution in [1.29, 1.82) is 0 Å². The van der Waals surface area contributed by atoms with Crippen LogP contribution in [0.25, 0.3) is 0 Å². The average Bonchev–Trinajstić information content (AvgIpc) is 2.75. The third kappa shape index (κ3) is 2.23. The van der Waals surface area contributed by atoms with E-state index < -0.39 is 6.10 Å². The van der Waals surface area contributed by atoms with Crippen molar-refractivity contribution in [3.63, 3.8) is 0 Å². The van der Waals surface area contributed by atoms with Gasteiger partial charge in [0.15, 0.2) is 6.10 Å². The van der Waals surface area contributed by atoms with Gasteiger partial charge in [-0.3, -0.25) is 9.48 Å². The van der Waals surface area contributed by atoms with Crippen LogP contribution in [-0.2, 0) is 11.8 Å². The molecule has 2 rings (SSSR count). The van der Waals surface area contributed by atoms with Crippen molar-refractivity contribution in [3.8, 4) is 0 Å². The summed E-state index contributed by atoms with van der Waals surface area (Å²) >= 11 is 0. The number of carbonyl (C=O) groups excluding carboxylic acids is 1. The second kappa shape index (κ2) is 4.63. The molecule has 1 aromatic heterocycles. The minimum atomic E-state index is -1.09. The van der Waals surface area contributed by atoms with E-state index in [1.54, 1.807) is 22.8 Å². The number of amides is 1. The largest absolute Gasteiger partial charge is 0.378 e. The summed E-state index contributed by atoms with van der Waals surface area (Å²) in [6, 6.07) is 0. The fourth-order valence-corrected chi connectivity index (χ4v) is 1.78. The SMILES string of the molecule is Cn1cc(C(O)C(=O)N2CCNCC2)cn1. The fraction of sp³-hybridized carbons (Fsp3) is 0.600. The molecule has 1 atom stereocenters. The zero-order valence-corrected chi connectivity index (χ0v) is 9.26. The van der Waals surface area contributed by atoms with Crippen molar-refractivity contribution in [2.75, 3.05) is 26.2 Å². The van der Waals surface area contributed by atoms with Crippen LogP contribution in [0, 0.1) is 0 Å². The molecule has 0 radical (unpaired) electrons. The number of aryl methyl sites for hydroxylation is 1. The molecule has 88 valence electrons. The first kappa shape index (κ1) is 11.1. The highest BCUT2D eigenvalue weighted by Crippen LogP contribution is 2.14. The Morgan fingerprint density at radius 3 is 2.81 bits per heavy atom. The molecule has 0 aliphatic carbocycles. The molecule has 1 unspecified atom stereocenters. The number of nitrogens with zero attached hydrogens (tertiary/aromatic N) is 3. The molecule has 1 aliphatic rings. The van der Waals surface area contributed by atoms with Gasteiger partial charge < -0.3 is 15.3 Å². The summed E-state index contributed by atoms with van der Waals surface area (Å²) in [6.07, 6.45) is 2.09. The van der Waals surface area contributed by atoms with Gasteiger partial charge in [-0.1, -0.05) is 0 Å². The highest BCUT2D eigenvalue weighted by molar-refractivity contribution is 5.82. The number of hydrogen-bond acceptors (Lipinski definition) is 4. The van der Waals surface area contributed by atoms with E-state index in [0.29, 0.717) is 18.7 Å². The first-order valence-electron chi connectivity index (χ1n) is 5.34. The van der Waals surface area contributed by atoms with Crippen LogP contribution >= 0.6 is 0 Å². The number of rotatable bonds is 2. The van der Waals surface area contributed by atoms with Crippen LogP contribution in [0.5, 0.6) is 0 Å². The van der Waals surface area contributed by atoms with Gasteiger partial charge in [-0.25, -0.2) is 0 Å². The van der Waals surface area contributed by atoms with Crippen LogP contribution in [0.1, 0.15) is 11.7 Å². The van der Waals surface area contributed by atoms with Gasteiger partial charge >= 0.3 is 0 Å². The topological polar surface area (TPSA) is 70.4 Å². The maximum atomic E-state index is 11.9. The Balaban J connectivity index is 2.03. The zero-order chi connectivity index (χ0) is 11.5. The Morgan fingerprint density at radius 1 is 1.56 bits per heavy atom. The molecule has 6 heteroatoms. The number of hydrogen-bond donors (Lipinski definition) is 2. The molecule has 1 aromatic rings. The van der Waals surface area contributed by atoms with Gasteiger partial charge in [0.2, 0.25) is 0 Å². The van der Waals surface area contributed by atoms with E-state index in [9.17, 15) is 9.90 Å². The standard InChI is InChI=1S/C10H16N4O2/c1-13-7-8(6-12-13)9(15)10(16)14-4-2-11-3-5-14/h6-7,9,11,15H,2-5H2,1H3. The minimum absolute atomic E-state index is 0.241. The highest BCUT2D eigenvalue weighted by atomic mass is 16.3. The number of carbonyl (C=O) groups is 1. The highest BCUT2D eigenvalue weighted by Gasteiger charge is 2.25. The molecular weight excluding hydrogens is 208 g/mol. The van der Waals surface area contributed by atoms with Crippen LogP contribution in [0.4, 0.5) is 0 Å². The van der Waals surface area contributed by atoms with Gasteiger partial charge in [0.05, 0.1) is 6.20 Å². The number of piperazine rings is 1. The maximum absolute atomic E-state index is 11.9. The Kier molecular flexibility index (Phi) is 3.21. The minimum Gasteiger partial charge on any atom is -0.378 e. The van der Waals surface area contributed by atoms with E-state index in [4.69, 9.17) is 0 Å². The average molecular weight is 224 g/mol. The van der Waals surface area contributed by atoms with E-state index in [1.807, 2.05) is 0 Å². The Hall–Kier alpha value is -1.40. The Morgan fingerprint density at radius 2 is 2.25 bits per heavy atom. The maximum Gasteiger partial charge on any atom is 0.256 e. The zero-order valence-electron chi connectivity index (χ0n) is 9.26. The molecule has 0 saturated carbocycles. The molecular formula is C10H16N4O2. The molecule has 0 aromatic carbocycles. The predicted molar refractivity (Wildman–Crippen MR) is 57.6 cm³/mol. The predicted octanol–water partition coefficient (Wildman–Crippen LogP) is -1.11. The van der Waals surface area contributed by atoms with E-state index in [2.05, 4.69) is 10.4 Å². The first-order chi connectivity index (χ1) is 7.68. The van der Waals surface area contributed by atoms with E-state index in [1.165, 1.54) is 6.20 Å². The molecule has 1 amide bonds. The summed E-state index contributed by atoms with van der Waals surface area (Å²) in [5.41, 5.74) is 0.547. The van der Waals surface area contributed by atoms with Gasteiger partial charge in [0.25, 0.3) is 5.91 Å². The fourth-order valence-electron chi connectivity index (χ4n) is 1.78. The Labute approximate surface area is 93.9 Å². The molecule has 1 fully saturated rings. The lowest BCUT2D eigenvalue weighted by Gasteiger charge is -2.28. The van der Waals surface area contributed by atoms with Crippen LogP contribution in [0.3, 0.4) is 0 Å². The van der Waals surface area contributed by atoms with Crippen LogP contribution in [0.2, 0.25) is 0 Å². The third-order valence-electron chi connectivity index (χ3n) is 2.70. The monoisotopic (exact) mass is 224 g/mol. The summed E-state index contributed by atoms with van der Waals surface area (Å²) in [4.78, 5) is 13.6. The summed E-state index contributed by atoms with van der Waals surface area (Å²) in [7, 11) is 1.76. The lowest BCUT2D eigenvalue weighted by molar-refractivity contribution is -0.141. The smallest absolute Gasteiger partial charge is 0.256 e. The van der Waals surface area contributed by atoms with E-state index >= 15 is 0 Å².